The predicted molar refractivity (Wildman–Crippen MR) is 57.6 cm³/mol. The number of fused-ring (bicyclic) bond motifs is 1. The van der Waals surface area contributed by atoms with Crippen molar-refractivity contribution in [1.82, 2.24) is 0 Å². The van der Waals surface area contributed by atoms with Crippen molar-refractivity contribution in [2.24, 2.45) is 5.92 Å². The zero-order valence-electron chi connectivity index (χ0n) is 9.15. The van der Waals surface area contributed by atoms with Gasteiger partial charge in [0.15, 0.2) is 0 Å². The van der Waals surface area contributed by atoms with Gasteiger partial charge >= 0.3 is 0 Å². The lowest BCUT2D eigenvalue weighted by Crippen LogP contribution is -2.15. The summed E-state index contributed by atoms with van der Waals surface area (Å²) >= 11 is 0. The van der Waals surface area contributed by atoms with E-state index < -0.39 is 0 Å². The summed E-state index contributed by atoms with van der Waals surface area (Å²) in [5.41, 5.74) is 4.45. The molecule has 1 atom stereocenters. The second-order valence-electron chi connectivity index (χ2n) is 4.61. The Hall–Kier alpha value is -0.850. The van der Waals surface area contributed by atoms with E-state index in [4.69, 9.17) is 0 Å². The molecule has 0 saturated carbocycles. The minimum atomic E-state index is 0.0298. The minimum Gasteiger partial charge on any atom is -0.207 e. The largest absolute Gasteiger partial charge is 0.207 e. The molecule has 0 aromatic heterocycles. The van der Waals surface area contributed by atoms with Crippen LogP contribution >= 0.6 is 0 Å². The molecule has 2 rings (SSSR count). The van der Waals surface area contributed by atoms with E-state index in [2.05, 4.69) is 13.0 Å². The van der Waals surface area contributed by atoms with Gasteiger partial charge in [0, 0.05) is 0 Å². The summed E-state index contributed by atoms with van der Waals surface area (Å²) in [6.07, 6.45) is 5.48. The van der Waals surface area contributed by atoms with Crippen LogP contribution in [0.15, 0.2) is 34.2 Å². The quantitative estimate of drug-likeness (QED) is 0.536. The van der Waals surface area contributed by atoms with Crippen LogP contribution in [0.5, 0.6) is 0 Å². The highest BCUT2D eigenvalue weighted by atomic mass is 19.1. The van der Waals surface area contributed by atoms with Crippen molar-refractivity contribution in [3.05, 3.63) is 34.2 Å². The fourth-order valence-corrected chi connectivity index (χ4v) is 2.55. The third-order valence-electron chi connectivity index (χ3n) is 3.42. The van der Waals surface area contributed by atoms with Crippen molar-refractivity contribution in [3.8, 4) is 0 Å². The summed E-state index contributed by atoms with van der Waals surface area (Å²) in [4.78, 5) is 0. The maximum atomic E-state index is 13.7. The molecule has 14 heavy (non-hydrogen) atoms. The smallest absolute Gasteiger partial charge is 0.125 e. The van der Waals surface area contributed by atoms with Gasteiger partial charge in [-0.1, -0.05) is 11.6 Å². The van der Waals surface area contributed by atoms with Gasteiger partial charge in [0.25, 0.3) is 0 Å². The molecule has 2 aliphatic carbocycles. The normalized spacial score (nSPS) is 27.7. The second kappa shape index (κ2) is 3.38. The van der Waals surface area contributed by atoms with E-state index in [1.165, 1.54) is 24.0 Å². The lowest BCUT2D eigenvalue weighted by atomic mass is 9.76. The zero-order valence-corrected chi connectivity index (χ0v) is 9.15. The molecule has 1 heteroatoms. The molecule has 2 aliphatic rings. The summed E-state index contributed by atoms with van der Waals surface area (Å²) in [6.45, 7) is 5.97. The average Bonchev–Trinajstić information content (AvgIpc) is 2.16. The predicted octanol–water partition coefficient (Wildman–Crippen LogP) is 4.31. The standard InChI is InChI=1S/C13H17F/c1-8-4-5-11-7-9(2)13(14)10(3)12(11)6-8/h6,11H,4-5,7H2,1-3H3. The van der Waals surface area contributed by atoms with E-state index in [0.717, 1.165) is 17.6 Å². The Morgan fingerprint density at radius 3 is 2.71 bits per heavy atom. The van der Waals surface area contributed by atoms with Gasteiger partial charge < -0.3 is 0 Å². The van der Waals surface area contributed by atoms with Crippen molar-refractivity contribution in [1.29, 1.82) is 0 Å². The third kappa shape index (κ3) is 1.45. The Morgan fingerprint density at radius 1 is 1.29 bits per heavy atom. The summed E-state index contributed by atoms with van der Waals surface area (Å²) in [5, 5.41) is 0. The Balaban J connectivity index is 2.48. The van der Waals surface area contributed by atoms with Crippen LogP contribution in [-0.2, 0) is 0 Å². The van der Waals surface area contributed by atoms with Crippen LogP contribution < -0.4 is 0 Å². The summed E-state index contributed by atoms with van der Waals surface area (Å²) in [7, 11) is 0. The van der Waals surface area contributed by atoms with E-state index in [1.54, 1.807) is 0 Å². The third-order valence-corrected chi connectivity index (χ3v) is 3.42. The number of hydrogen-bond acceptors (Lipinski definition) is 0. The van der Waals surface area contributed by atoms with Gasteiger partial charge in [0.2, 0.25) is 0 Å². The molecule has 0 radical (unpaired) electrons. The first kappa shape index (κ1) is 9.70. The topological polar surface area (TPSA) is 0 Å². The van der Waals surface area contributed by atoms with Gasteiger partial charge in [-0.3, -0.25) is 0 Å². The average molecular weight is 192 g/mol. The van der Waals surface area contributed by atoms with E-state index in [0.29, 0.717) is 5.92 Å². The Labute approximate surface area is 85.2 Å². The molecule has 0 N–H and O–H groups in total. The highest BCUT2D eigenvalue weighted by Crippen LogP contribution is 2.41. The van der Waals surface area contributed by atoms with Crippen molar-refractivity contribution >= 4 is 0 Å². The summed E-state index contributed by atoms with van der Waals surface area (Å²) in [6, 6.07) is 0. The van der Waals surface area contributed by atoms with Crippen LogP contribution in [0.2, 0.25) is 0 Å². The van der Waals surface area contributed by atoms with Crippen molar-refractivity contribution < 1.29 is 4.39 Å². The van der Waals surface area contributed by atoms with Gasteiger partial charge in [-0.25, -0.2) is 4.39 Å². The Kier molecular flexibility index (Phi) is 2.34. The molecular formula is C13H17F. The lowest BCUT2D eigenvalue weighted by Gasteiger charge is -2.29. The first-order valence-electron chi connectivity index (χ1n) is 5.33. The number of allylic oxidation sites excluding steroid dienone is 6. The molecule has 0 aromatic rings. The highest BCUT2D eigenvalue weighted by Gasteiger charge is 2.26. The van der Waals surface area contributed by atoms with Crippen LogP contribution in [0, 0.1) is 5.92 Å². The minimum absolute atomic E-state index is 0.0298. The second-order valence-corrected chi connectivity index (χ2v) is 4.61. The van der Waals surface area contributed by atoms with E-state index >= 15 is 0 Å². The van der Waals surface area contributed by atoms with Gasteiger partial charge in [-0.05, 0) is 62.7 Å². The van der Waals surface area contributed by atoms with Gasteiger partial charge in [0.05, 0.1) is 0 Å². The molecule has 0 heterocycles. The van der Waals surface area contributed by atoms with Crippen LogP contribution in [0.25, 0.3) is 0 Å². The first-order valence-corrected chi connectivity index (χ1v) is 5.33. The maximum Gasteiger partial charge on any atom is 0.125 e. The molecule has 76 valence electrons. The molecule has 0 aliphatic heterocycles. The monoisotopic (exact) mass is 192 g/mol. The highest BCUT2D eigenvalue weighted by molar-refractivity contribution is 5.45. The fourth-order valence-electron chi connectivity index (χ4n) is 2.55. The van der Waals surface area contributed by atoms with Crippen molar-refractivity contribution in [3.63, 3.8) is 0 Å². The molecule has 0 aromatic carbocycles. The van der Waals surface area contributed by atoms with Gasteiger partial charge in [-0.15, -0.1) is 0 Å². The molecule has 0 saturated heterocycles. The summed E-state index contributed by atoms with van der Waals surface area (Å²) in [5.74, 6) is 0.611. The molecule has 1 unspecified atom stereocenters. The Bertz CT molecular complexity index is 355. The first-order chi connectivity index (χ1) is 6.59. The summed E-state index contributed by atoms with van der Waals surface area (Å²) < 4.78 is 13.7. The van der Waals surface area contributed by atoms with Crippen molar-refractivity contribution in [2.45, 2.75) is 40.0 Å². The van der Waals surface area contributed by atoms with Crippen LogP contribution in [0.3, 0.4) is 0 Å². The maximum absolute atomic E-state index is 13.7. The number of halogens is 1. The lowest BCUT2D eigenvalue weighted by molar-refractivity contribution is 0.503. The molecule has 0 nitrogen and oxygen atoms in total. The Morgan fingerprint density at radius 2 is 2.00 bits per heavy atom. The molecule has 0 fully saturated rings. The van der Waals surface area contributed by atoms with Gasteiger partial charge in [-0.2, -0.15) is 0 Å². The molecule has 0 spiro atoms. The van der Waals surface area contributed by atoms with Gasteiger partial charge in [0.1, 0.15) is 5.83 Å². The van der Waals surface area contributed by atoms with E-state index in [-0.39, 0.29) is 5.83 Å². The van der Waals surface area contributed by atoms with Crippen molar-refractivity contribution in [2.75, 3.05) is 0 Å². The number of hydrogen-bond donors (Lipinski definition) is 0. The van der Waals surface area contributed by atoms with Crippen LogP contribution in [0.4, 0.5) is 4.39 Å². The SMILES string of the molecule is CC1=CC2=C(C)C(F)=C(C)CC2CC1. The van der Waals surface area contributed by atoms with E-state index in [9.17, 15) is 4.39 Å². The fraction of sp³-hybridized carbons (Fsp3) is 0.538. The molecular weight excluding hydrogens is 175 g/mol. The van der Waals surface area contributed by atoms with Crippen LogP contribution in [0.1, 0.15) is 40.0 Å². The molecule has 0 amide bonds. The van der Waals surface area contributed by atoms with E-state index in [1.807, 2.05) is 13.8 Å². The zero-order chi connectivity index (χ0) is 10.3. The molecule has 0 bridgehead atoms. The number of rotatable bonds is 0. The van der Waals surface area contributed by atoms with Crippen LogP contribution in [-0.4, -0.2) is 0 Å².